The van der Waals surface area contributed by atoms with Gasteiger partial charge in [0.1, 0.15) is 16.5 Å². The summed E-state index contributed by atoms with van der Waals surface area (Å²) < 4.78 is 37.6. The highest BCUT2D eigenvalue weighted by molar-refractivity contribution is 7.71. The molecule has 37 heavy (non-hydrogen) atoms. The van der Waals surface area contributed by atoms with Gasteiger partial charge in [-0.2, -0.15) is 0 Å². The summed E-state index contributed by atoms with van der Waals surface area (Å²) in [5.74, 6) is -1.11. The van der Waals surface area contributed by atoms with Crippen molar-refractivity contribution in [3.63, 3.8) is 0 Å². The number of aromatic amines is 1. The number of hydrogen-bond acceptors (Lipinski definition) is 9. The Morgan fingerprint density at radius 3 is 2.62 bits per heavy atom. The number of carbonyl (C=O) groups is 1. The monoisotopic (exact) mass is 551 g/mol. The van der Waals surface area contributed by atoms with Gasteiger partial charge in [0.25, 0.3) is 6.04 Å². The zero-order chi connectivity index (χ0) is 27.3. The number of hydrogen-bond donors (Lipinski definition) is 2. The molecule has 1 aliphatic rings. The summed E-state index contributed by atoms with van der Waals surface area (Å²) in [4.78, 5) is 30.8. The maximum absolute atomic E-state index is 13.8. The second-order valence-electron chi connectivity index (χ2n) is 9.03. The van der Waals surface area contributed by atoms with E-state index in [1.165, 1.54) is 6.20 Å². The quantitative estimate of drug-likeness (QED) is 0.196. The number of benzene rings is 1. The van der Waals surface area contributed by atoms with Gasteiger partial charge in [-0.1, -0.05) is 37.3 Å². The molecule has 6 atom stereocenters. The Labute approximate surface area is 219 Å². The van der Waals surface area contributed by atoms with E-state index in [-0.39, 0.29) is 22.7 Å². The number of aromatic nitrogens is 2. The number of esters is 1. The number of nitrogens with one attached hydrogen (secondary N) is 1. The van der Waals surface area contributed by atoms with E-state index in [0.717, 1.165) is 4.57 Å². The first-order valence-corrected chi connectivity index (χ1v) is 13.8. The van der Waals surface area contributed by atoms with Crippen LogP contribution in [0.25, 0.3) is 4.85 Å². The van der Waals surface area contributed by atoms with Crippen molar-refractivity contribution in [2.75, 3.05) is 12.8 Å². The number of aliphatic hydroxyl groups excluding tert-OH is 1. The Morgan fingerprint density at radius 1 is 1.32 bits per heavy atom. The molecule has 0 saturated carbocycles. The molecule has 2 heterocycles. The molecular formula is C24H30N3O8PS. The molecule has 0 amide bonds. The summed E-state index contributed by atoms with van der Waals surface area (Å²) in [5, 5.41) is 10.8. The van der Waals surface area contributed by atoms with E-state index in [1.54, 1.807) is 58.0 Å². The molecule has 1 aromatic carbocycles. The number of aryl methyl sites for hydroxylation is 1. The minimum absolute atomic E-state index is 0.253. The second kappa shape index (κ2) is 12.2. The van der Waals surface area contributed by atoms with Gasteiger partial charge in [0, 0.05) is 11.8 Å². The third-order valence-corrected chi connectivity index (χ3v) is 8.03. The number of H-pyrrole nitrogens is 1. The number of aliphatic hydroxyl groups is 1. The van der Waals surface area contributed by atoms with Crippen molar-refractivity contribution >= 4 is 25.8 Å². The third-order valence-electron chi connectivity index (χ3n) is 5.58. The maximum atomic E-state index is 13.8. The Morgan fingerprint density at radius 2 is 2.00 bits per heavy atom. The average molecular weight is 552 g/mol. The number of ether oxygens (including phenoxy) is 2. The van der Waals surface area contributed by atoms with Gasteiger partial charge in [0.15, 0.2) is 6.10 Å². The van der Waals surface area contributed by atoms with Crippen molar-refractivity contribution in [3.8, 4) is 5.75 Å². The first-order valence-electron chi connectivity index (χ1n) is 11.6. The largest absolute Gasteiger partial charge is 0.463 e. The molecule has 2 unspecified atom stereocenters. The molecule has 1 aromatic heterocycles. The smallest absolute Gasteiger partial charge is 0.380 e. The van der Waals surface area contributed by atoms with E-state index in [2.05, 4.69) is 9.83 Å². The van der Waals surface area contributed by atoms with Gasteiger partial charge in [-0.3, -0.25) is 18.9 Å². The van der Waals surface area contributed by atoms with Crippen molar-refractivity contribution in [2.24, 2.45) is 5.92 Å². The Balaban J connectivity index is 1.81. The Hall–Kier alpha value is -2.81. The zero-order valence-corrected chi connectivity index (χ0v) is 22.6. The Kier molecular flexibility index (Phi) is 9.45. The maximum Gasteiger partial charge on any atom is 0.380 e. The summed E-state index contributed by atoms with van der Waals surface area (Å²) in [7, 11) is -3.98. The minimum atomic E-state index is -3.98. The van der Waals surface area contributed by atoms with Crippen LogP contribution in [0.5, 0.6) is 5.75 Å². The van der Waals surface area contributed by atoms with Crippen LogP contribution in [-0.2, 0) is 23.4 Å². The molecule has 200 valence electrons. The van der Waals surface area contributed by atoms with E-state index < -0.39 is 56.3 Å². The summed E-state index contributed by atoms with van der Waals surface area (Å²) >= 11 is 5.07. The van der Waals surface area contributed by atoms with Gasteiger partial charge in [-0.25, -0.2) is 15.9 Å². The third kappa shape index (κ3) is 7.15. The molecule has 11 nitrogen and oxygen atoms in total. The standard InChI is InChI=1S/C24H30N3O8PS/c1-14(2)33-23(29)16(4)13-36(31,35-17-9-7-6-8-10-17)32-12-18-20(28)19(25-5)22(34-18)27-11-15(3)21(37)26-24(27)30/h6-11,14,16,18-20,22,28H,12-13H2,1-4H3,(H,26,30,37)/t16-,18+,19-,20?,22+,36?/m1/s1. The van der Waals surface area contributed by atoms with Crippen LogP contribution in [0, 0.1) is 24.1 Å². The molecule has 2 N–H and O–H groups in total. The molecule has 1 aliphatic heterocycles. The average Bonchev–Trinajstić information content (AvgIpc) is 3.15. The SMILES string of the molecule is [C-]#[N+][C@@H]1C(O)[C@H](COP(=O)(C[C@@H](C)C(=O)OC(C)C)Oc2ccccc2)O[C@@H]1n1cc(C)c(=S)[nH]c1=O. The van der Waals surface area contributed by atoms with Gasteiger partial charge in [-0.15, -0.1) is 0 Å². The first-order chi connectivity index (χ1) is 17.4. The fraction of sp³-hybridized carbons (Fsp3) is 0.500. The lowest BCUT2D eigenvalue weighted by molar-refractivity contribution is -0.151. The van der Waals surface area contributed by atoms with Gasteiger partial charge in [-0.05, 0) is 32.9 Å². The predicted molar refractivity (Wildman–Crippen MR) is 137 cm³/mol. The van der Waals surface area contributed by atoms with Gasteiger partial charge < -0.3 is 23.9 Å². The van der Waals surface area contributed by atoms with Crippen molar-refractivity contribution in [1.29, 1.82) is 0 Å². The number of rotatable bonds is 10. The van der Waals surface area contributed by atoms with E-state index >= 15 is 0 Å². The van der Waals surface area contributed by atoms with Crippen molar-refractivity contribution in [3.05, 3.63) is 68.6 Å². The number of carbonyl (C=O) groups excluding carboxylic acids is 1. The van der Waals surface area contributed by atoms with Crippen LogP contribution in [0.4, 0.5) is 0 Å². The van der Waals surface area contributed by atoms with E-state index in [1.807, 2.05) is 0 Å². The van der Waals surface area contributed by atoms with Crippen LogP contribution >= 0.6 is 19.8 Å². The summed E-state index contributed by atoms with van der Waals surface area (Å²) in [5.41, 5.74) is -0.0160. The molecule has 0 radical (unpaired) electrons. The molecule has 0 spiro atoms. The Bertz CT molecular complexity index is 1310. The molecule has 2 aromatic rings. The van der Waals surface area contributed by atoms with Crippen LogP contribution in [0.2, 0.25) is 0 Å². The van der Waals surface area contributed by atoms with Crippen LogP contribution in [0.15, 0.2) is 41.3 Å². The van der Waals surface area contributed by atoms with Crippen molar-refractivity contribution in [2.45, 2.75) is 58.3 Å². The first kappa shape index (κ1) is 28.8. The fourth-order valence-electron chi connectivity index (χ4n) is 3.72. The summed E-state index contributed by atoms with van der Waals surface area (Å²) in [6, 6.07) is 7.18. The topological polar surface area (TPSA) is 133 Å². The van der Waals surface area contributed by atoms with E-state index in [4.69, 9.17) is 37.3 Å². The predicted octanol–water partition coefficient (Wildman–Crippen LogP) is 3.64. The molecule has 1 saturated heterocycles. The van der Waals surface area contributed by atoms with Crippen molar-refractivity contribution < 1.29 is 33.0 Å². The molecular weight excluding hydrogens is 521 g/mol. The lowest BCUT2D eigenvalue weighted by Gasteiger charge is -2.24. The zero-order valence-electron chi connectivity index (χ0n) is 20.9. The van der Waals surface area contributed by atoms with Crippen molar-refractivity contribution in [1.82, 2.24) is 9.55 Å². The van der Waals surface area contributed by atoms with E-state index in [9.17, 15) is 19.3 Å². The molecule has 0 aliphatic carbocycles. The van der Waals surface area contributed by atoms with E-state index in [0.29, 0.717) is 5.56 Å². The highest BCUT2D eigenvalue weighted by atomic mass is 32.1. The highest BCUT2D eigenvalue weighted by Gasteiger charge is 2.51. The number of para-hydroxylation sites is 1. The highest BCUT2D eigenvalue weighted by Crippen LogP contribution is 2.50. The summed E-state index contributed by atoms with van der Waals surface area (Å²) in [6.07, 6.45) is -2.79. The molecule has 0 bridgehead atoms. The second-order valence-corrected chi connectivity index (χ2v) is 11.5. The minimum Gasteiger partial charge on any atom is -0.463 e. The number of nitrogens with zero attached hydrogens (tertiary/aromatic N) is 2. The van der Waals surface area contributed by atoms with Gasteiger partial charge >= 0.3 is 19.3 Å². The van der Waals surface area contributed by atoms with Crippen LogP contribution in [0.3, 0.4) is 0 Å². The van der Waals surface area contributed by atoms with Gasteiger partial charge in [0.05, 0.1) is 24.8 Å². The van der Waals surface area contributed by atoms with Crippen LogP contribution < -0.4 is 10.2 Å². The lowest BCUT2D eigenvalue weighted by Crippen LogP contribution is -2.34. The lowest BCUT2D eigenvalue weighted by atomic mass is 10.1. The normalized spacial score (nSPS) is 23.7. The van der Waals surface area contributed by atoms with Crippen LogP contribution in [-0.4, -0.2) is 57.7 Å². The van der Waals surface area contributed by atoms with Gasteiger partial charge in [0.2, 0.25) is 6.23 Å². The summed E-state index contributed by atoms with van der Waals surface area (Å²) in [6.45, 7) is 13.8. The fourth-order valence-corrected chi connectivity index (χ4v) is 5.73. The van der Waals surface area contributed by atoms with Crippen LogP contribution in [0.1, 0.15) is 32.6 Å². The molecule has 3 rings (SSSR count). The molecule has 13 heteroatoms. The molecule has 1 fully saturated rings.